The molecule has 0 amide bonds. The van der Waals surface area contributed by atoms with Crippen molar-refractivity contribution < 1.29 is 103 Å². The number of carbonyl (C=O) groups is 3. The number of rotatable bonds is 33. The van der Waals surface area contributed by atoms with Crippen molar-refractivity contribution in [1.82, 2.24) is 0 Å². The van der Waals surface area contributed by atoms with E-state index >= 15 is 0 Å². The molecule has 3 rings (SSSR count). The lowest BCUT2D eigenvalue weighted by molar-refractivity contribution is -0.380. The van der Waals surface area contributed by atoms with Crippen molar-refractivity contribution in [3.63, 3.8) is 0 Å². The van der Waals surface area contributed by atoms with Crippen LogP contribution < -0.4 is 0 Å². The van der Waals surface area contributed by atoms with E-state index in [1.807, 2.05) is 0 Å². The molecular weight excluding hydrogens is 888 g/mol. The zero-order valence-electron chi connectivity index (χ0n) is 39.5. The lowest BCUT2D eigenvalue weighted by Crippen LogP contribution is -2.65. The molecular formula is C46H82O21. The molecule has 0 saturated carbocycles. The molecule has 0 radical (unpaired) electrons. The summed E-state index contributed by atoms with van der Waals surface area (Å²) in [7, 11) is 0. The monoisotopic (exact) mass is 971 g/mol. The molecule has 3 heterocycles. The Morgan fingerprint density at radius 2 is 1.03 bits per heavy atom. The molecule has 0 spiro atoms. The van der Waals surface area contributed by atoms with Crippen molar-refractivity contribution in [3.05, 3.63) is 0 Å². The van der Waals surface area contributed by atoms with Gasteiger partial charge < -0.3 is 89.0 Å². The van der Waals surface area contributed by atoms with Crippen molar-refractivity contribution in [2.75, 3.05) is 19.8 Å². The number of hydrogen-bond acceptors (Lipinski definition) is 20. The largest absolute Gasteiger partial charge is 0.479 e. The van der Waals surface area contributed by atoms with E-state index in [4.69, 9.17) is 43.0 Å². The van der Waals surface area contributed by atoms with Crippen LogP contribution in [0.1, 0.15) is 149 Å². The third-order valence-electron chi connectivity index (χ3n) is 12.5. The quantitative estimate of drug-likeness (QED) is 0.0327. The predicted molar refractivity (Wildman–Crippen MR) is 235 cm³/mol. The molecule has 0 bridgehead atoms. The predicted octanol–water partition coefficient (Wildman–Crippen LogP) is 1.23. The number of esters is 2. The highest BCUT2D eigenvalue weighted by molar-refractivity contribution is 5.71. The van der Waals surface area contributed by atoms with Crippen LogP contribution in [0.15, 0.2) is 0 Å². The van der Waals surface area contributed by atoms with Gasteiger partial charge in [0, 0.05) is 13.8 Å². The van der Waals surface area contributed by atoms with Gasteiger partial charge in [0.1, 0.15) is 61.5 Å². The Balaban J connectivity index is 1.53. The first-order chi connectivity index (χ1) is 31.9. The van der Waals surface area contributed by atoms with Crippen LogP contribution in [-0.4, -0.2) is 193 Å². The number of aliphatic hydroxyl groups is 9. The Morgan fingerprint density at radius 3 is 1.57 bits per heavy atom. The second kappa shape index (κ2) is 31.9. The summed E-state index contributed by atoms with van der Waals surface area (Å²) < 4.78 is 45.9. The van der Waals surface area contributed by atoms with E-state index < -0.39 is 135 Å². The second-order valence-electron chi connectivity index (χ2n) is 18.3. The maximum absolute atomic E-state index is 11.8. The van der Waals surface area contributed by atoms with Crippen LogP contribution in [0.4, 0.5) is 0 Å². The normalized spacial score (nSPS) is 32.0. The highest BCUT2D eigenvalue weighted by Gasteiger charge is 2.52. The number of carboxylic acid groups (broad SMARTS) is 1. The van der Waals surface area contributed by atoms with Gasteiger partial charge in [-0.05, 0) is 38.5 Å². The number of hydrogen-bond donors (Lipinski definition) is 10. The fourth-order valence-corrected chi connectivity index (χ4v) is 8.49. The molecule has 21 nitrogen and oxygen atoms in total. The van der Waals surface area contributed by atoms with Gasteiger partial charge in [-0.2, -0.15) is 0 Å². The van der Waals surface area contributed by atoms with Crippen molar-refractivity contribution in [3.8, 4) is 0 Å². The molecule has 0 aromatic carbocycles. The molecule has 3 fully saturated rings. The Morgan fingerprint density at radius 1 is 0.552 bits per heavy atom. The summed E-state index contributed by atoms with van der Waals surface area (Å²) in [5, 5.41) is 105. The maximum Gasteiger partial charge on any atom is 0.332 e. The second-order valence-corrected chi connectivity index (χ2v) is 18.3. The molecule has 392 valence electrons. The number of aliphatic carboxylic acids is 1. The fourth-order valence-electron chi connectivity index (χ4n) is 8.49. The van der Waals surface area contributed by atoms with Gasteiger partial charge in [0.25, 0.3) is 0 Å². The molecule has 17 atom stereocenters. The smallest absolute Gasteiger partial charge is 0.332 e. The standard InChI is InChI=1S/C46H82O21/c1-4-5-15-19-29(20-18-23-31(50)30(49)21-16-13-11-9-7-6-8-10-12-14-17-22-32(51)43(58)59)64-45-41(36(54)33(52)24-61-45)67-46-42(37(55)34(53)25-62-46)66-44-39(57)38(56)40(63-28(3)48)35(65-44)26-60-27(2)47/h29-42,44-46,49-57H,4-26H2,1-3H3,(H,58,59)/t29-,30-,31+,32+,33-,34-,35-,36+,37+,38-,39-,40-,41-,42-,44+,45+,46+/m1/s1. The molecule has 0 aromatic heterocycles. The molecule has 10 N–H and O–H groups in total. The van der Waals surface area contributed by atoms with Crippen LogP contribution in [0, 0.1) is 0 Å². The van der Waals surface area contributed by atoms with Gasteiger partial charge in [-0.25, -0.2) is 4.79 Å². The number of aliphatic hydroxyl groups excluding tert-OH is 9. The first-order valence-corrected chi connectivity index (χ1v) is 24.5. The van der Waals surface area contributed by atoms with E-state index in [1.54, 1.807) is 0 Å². The zero-order valence-corrected chi connectivity index (χ0v) is 39.5. The molecule has 0 aromatic rings. The molecule has 21 heteroatoms. The van der Waals surface area contributed by atoms with E-state index in [1.165, 1.54) is 0 Å². The molecule has 0 unspecified atom stereocenters. The van der Waals surface area contributed by atoms with Crippen LogP contribution >= 0.6 is 0 Å². The molecule has 3 saturated heterocycles. The van der Waals surface area contributed by atoms with E-state index in [0.29, 0.717) is 44.9 Å². The van der Waals surface area contributed by atoms with Gasteiger partial charge in [-0.15, -0.1) is 0 Å². The Kier molecular flexibility index (Phi) is 28.2. The topological polar surface area (TPSA) is 327 Å². The average molecular weight is 971 g/mol. The highest BCUT2D eigenvalue weighted by atomic mass is 16.8. The Hall–Kier alpha value is -2.19. The van der Waals surface area contributed by atoms with Crippen LogP contribution in [0.5, 0.6) is 0 Å². The summed E-state index contributed by atoms with van der Waals surface area (Å²) in [4.78, 5) is 34.1. The van der Waals surface area contributed by atoms with Crippen LogP contribution in [-0.2, 0) is 52.3 Å². The minimum absolute atomic E-state index is 0.291. The van der Waals surface area contributed by atoms with Gasteiger partial charge in [-0.3, -0.25) is 9.59 Å². The summed E-state index contributed by atoms with van der Waals surface area (Å²) in [6.45, 7) is 2.94. The van der Waals surface area contributed by atoms with E-state index in [0.717, 1.165) is 97.3 Å². The van der Waals surface area contributed by atoms with Crippen molar-refractivity contribution >= 4 is 17.9 Å². The van der Waals surface area contributed by atoms with Gasteiger partial charge >= 0.3 is 17.9 Å². The summed E-state index contributed by atoms with van der Waals surface area (Å²) in [5.41, 5.74) is 0. The molecule has 3 aliphatic rings. The Bertz CT molecular complexity index is 1380. The SMILES string of the molecule is CCCCC[C@H](CCC[C@H](O)[C@H](O)CCCCCCCCCCCCC[C@H](O)C(=O)O)O[C@@H]1OC[C@@H](O)[C@H](O)[C@H]1O[C@@H]1OC[C@@H](O)[C@H](O)[C@H]1O[C@@H]1O[C@H](COC(C)=O)[C@@H](OC(C)=O)[C@H](O)[C@H]1O. The van der Waals surface area contributed by atoms with Gasteiger partial charge in [0.05, 0.1) is 31.5 Å². The van der Waals surface area contributed by atoms with Gasteiger partial charge in [-0.1, -0.05) is 96.8 Å². The minimum atomic E-state index is -1.91. The first-order valence-electron chi connectivity index (χ1n) is 24.5. The zero-order chi connectivity index (χ0) is 49.5. The van der Waals surface area contributed by atoms with E-state index in [-0.39, 0.29) is 6.61 Å². The number of ether oxygens (including phenoxy) is 8. The molecule has 67 heavy (non-hydrogen) atoms. The average Bonchev–Trinajstić information content (AvgIpc) is 3.28. The number of carbonyl (C=O) groups excluding carboxylic acids is 2. The van der Waals surface area contributed by atoms with Crippen molar-refractivity contribution in [2.24, 2.45) is 0 Å². The van der Waals surface area contributed by atoms with Crippen molar-refractivity contribution in [2.45, 2.75) is 254 Å². The van der Waals surface area contributed by atoms with Crippen LogP contribution in [0.2, 0.25) is 0 Å². The third-order valence-corrected chi connectivity index (χ3v) is 12.5. The first kappa shape index (κ1) is 59.1. The summed E-state index contributed by atoms with van der Waals surface area (Å²) >= 11 is 0. The highest BCUT2D eigenvalue weighted by Crippen LogP contribution is 2.33. The number of unbranched alkanes of at least 4 members (excludes halogenated alkanes) is 12. The number of carboxylic acids is 1. The van der Waals surface area contributed by atoms with Crippen LogP contribution in [0.3, 0.4) is 0 Å². The van der Waals surface area contributed by atoms with Crippen molar-refractivity contribution in [1.29, 1.82) is 0 Å². The van der Waals surface area contributed by atoms with E-state index in [9.17, 15) is 60.3 Å². The van der Waals surface area contributed by atoms with E-state index in [2.05, 4.69) is 6.92 Å². The minimum Gasteiger partial charge on any atom is -0.479 e. The van der Waals surface area contributed by atoms with Crippen LogP contribution in [0.25, 0.3) is 0 Å². The molecule has 3 aliphatic heterocycles. The molecule has 0 aliphatic carbocycles. The summed E-state index contributed by atoms with van der Waals surface area (Å²) in [6, 6.07) is 0. The van der Waals surface area contributed by atoms with Gasteiger partial charge in [0.2, 0.25) is 0 Å². The fraction of sp³-hybridized carbons (Fsp3) is 0.935. The Labute approximate surface area is 393 Å². The lowest BCUT2D eigenvalue weighted by Gasteiger charge is -2.46. The summed E-state index contributed by atoms with van der Waals surface area (Å²) in [6.07, 6.45) is -8.12. The van der Waals surface area contributed by atoms with Gasteiger partial charge in [0.15, 0.2) is 31.1 Å². The maximum atomic E-state index is 11.8. The third kappa shape index (κ3) is 21.0. The lowest BCUT2D eigenvalue weighted by atomic mass is 9.98. The summed E-state index contributed by atoms with van der Waals surface area (Å²) in [5.74, 6) is -2.71.